The maximum absolute atomic E-state index is 4.48. The molecule has 0 radical (unpaired) electrons. The zero-order chi connectivity index (χ0) is 28.3. The van der Waals surface area contributed by atoms with E-state index in [1.807, 2.05) is 12.4 Å². The molecule has 2 nitrogen and oxygen atoms in total. The van der Waals surface area contributed by atoms with Crippen molar-refractivity contribution in [2.45, 2.75) is 0 Å². The molecule has 9 aromatic rings. The number of rotatable bonds is 3. The summed E-state index contributed by atoms with van der Waals surface area (Å²) >= 11 is 0. The highest BCUT2D eigenvalue weighted by Gasteiger charge is 2.20. The van der Waals surface area contributed by atoms with Crippen molar-refractivity contribution in [2.24, 2.45) is 0 Å². The molecule has 0 atom stereocenters. The summed E-state index contributed by atoms with van der Waals surface area (Å²) in [4.78, 5) is 4.48. The molecule has 0 saturated carbocycles. The van der Waals surface area contributed by atoms with Gasteiger partial charge in [0.1, 0.15) is 0 Å². The minimum absolute atomic E-state index is 1.16. The molecule has 0 unspecified atom stereocenters. The Labute approximate surface area is 249 Å². The Hall–Kier alpha value is -5.73. The van der Waals surface area contributed by atoms with Crippen LogP contribution in [-0.2, 0) is 0 Å². The first kappa shape index (κ1) is 23.9. The van der Waals surface area contributed by atoms with Gasteiger partial charge in [0.15, 0.2) is 0 Å². The lowest BCUT2D eigenvalue weighted by Crippen LogP contribution is -1.98. The number of aromatic nitrogens is 2. The molecule has 0 saturated heterocycles. The third-order valence-corrected chi connectivity index (χ3v) is 8.86. The molecule has 0 spiro atoms. The molecule has 0 amide bonds. The highest BCUT2D eigenvalue weighted by Crippen LogP contribution is 2.46. The van der Waals surface area contributed by atoms with E-state index in [4.69, 9.17) is 0 Å². The number of benzene rings is 7. The summed E-state index contributed by atoms with van der Waals surface area (Å²) < 4.78 is 2.41. The highest BCUT2D eigenvalue weighted by molar-refractivity contribution is 6.22. The van der Waals surface area contributed by atoms with Crippen molar-refractivity contribution in [3.8, 4) is 27.9 Å². The number of fused-ring (bicyclic) bond motifs is 6. The third-order valence-electron chi connectivity index (χ3n) is 8.86. The van der Waals surface area contributed by atoms with Gasteiger partial charge in [-0.25, -0.2) is 0 Å². The van der Waals surface area contributed by atoms with Gasteiger partial charge in [0.25, 0.3) is 0 Å². The topological polar surface area (TPSA) is 17.8 Å². The largest absolute Gasteiger partial charge is 0.309 e. The van der Waals surface area contributed by atoms with E-state index in [2.05, 4.69) is 155 Å². The molecule has 0 N–H and O–H groups in total. The Kier molecular flexibility index (Phi) is 5.23. The molecule has 43 heavy (non-hydrogen) atoms. The van der Waals surface area contributed by atoms with E-state index in [9.17, 15) is 0 Å². The fourth-order valence-electron chi connectivity index (χ4n) is 7.03. The van der Waals surface area contributed by atoms with Gasteiger partial charge >= 0.3 is 0 Å². The first-order valence-corrected chi connectivity index (χ1v) is 14.7. The summed E-state index contributed by atoms with van der Waals surface area (Å²) in [5.41, 5.74) is 8.48. The molecule has 0 fully saturated rings. The van der Waals surface area contributed by atoms with Crippen LogP contribution in [0.25, 0.3) is 82.1 Å². The third kappa shape index (κ3) is 3.57. The van der Waals surface area contributed by atoms with Gasteiger partial charge in [-0.15, -0.1) is 0 Å². The predicted octanol–water partition coefficient (Wildman–Crippen LogP) is 11.0. The van der Waals surface area contributed by atoms with Crippen LogP contribution >= 0.6 is 0 Å². The molecule has 200 valence electrons. The molecule has 0 aliphatic carbocycles. The van der Waals surface area contributed by atoms with E-state index in [1.165, 1.54) is 65.5 Å². The van der Waals surface area contributed by atoms with Crippen LogP contribution in [0.2, 0.25) is 0 Å². The SMILES string of the molecule is c1ccc(-n2c3ccccc3c3cnccc32)c(-c2c3ccccc3c(-c3ccc4ccccc4c3)c3ccccc23)c1. The maximum Gasteiger partial charge on any atom is 0.0572 e. The fraction of sp³-hybridized carbons (Fsp3) is 0. The number of pyridine rings is 1. The first-order valence-electron chi connectivity index (χ1n) is 14.7. The second-order valence-electron chi connectivity index (χ2n) is 11.2. The summed E-state index contributed by atoms with van der Waals surface area (Å²) in [6, 6.07) is 52.9. The number of nitrogens with zero attached hydrogens (tertiary/aromatic N) is 2. The van der Waals surface area contributed by atoms with Crippen molar-refractivity contribution in [1.82, 2.24) is 9.55 Å². The zero-order valence-electron chi connectivity index (χ0n) is 23.4. The molecule has 7 aromatic carbocycles. The Morgan fingerprint density at radius 2 is 1.00 bits per heavy atom. The molecule has 2 heterocycles. The van der Waals surface area contributed by atoms with Crippen LogP contribution in [0.1, 0.15) is 0 Å². The Bertz CT molecular complexity index is 2410. The molecular weight excluding hydrogens is 520 g/mol. The number of hydrogen-bond acceptors (Lipinski definition) is 1. The summed E-state index contributed by atoms with van der Waals surface area (Å²) in [5.74, 6) is 0. The minimum Gasteiger partial charge on any atom is -0.309 e. The number of para-hydroxylation sites is 2. The van der Waals surface area contributed by atoms with Crippen molar-refractivity contribution in [1.29, 1.82) is 0 Å². The van der Waals surface area contributed by atoms with Crippen LogP contribution in [0.4, 0.5) is 0 Å². The van der Waals surface area contributed by atoms with Crippen molar-refractivity contribution < 1.29 is 0 Å². The second-order valence-corrected chi connectivity index (χ2v) is 11.2. The molecule has 9 rings (SSSR count). The van der Waals surface area contributed by atoms with Gasteiger partial charge in [-0.3, -0.25) is 4.98 Å². The lowest BCUT2D eigenvalue weighted by atomic mass is 9.85. The fourth-order valence-corrected chi connectivity index (χ4v) is 7.03. The summed E-state index contributed by atoms with van der Waals surface area (Å²) in [6.07, 6.45) is 3.88. The summed E-state index contributed by atoms with van der Waals surface area (Å²) in [7, 11) is 0. The van der Waals surface area contributed by atoms with E-state index < -0.39 is 0 Å². The van der Waals surface area contributed by atoms with Crippen LogP contribution in [0.5, 0.6) is 0 Å². The van der Waals surface area contributed by atoms with E-state index >= 15 is 0 Å². The minimum atomic E-state index is 1.16. The van der Waals surface area contributed by atoms with Crippen LogP contribution in [0, 0.1) is 0 Å². The van der Waals surface area contributed by atoms with Crippen molar-refractivity contribution in [2.75, 3.05) is 0 Å². The van der Waals surface area contributed by atoms with Gasteiger partial charge in [-0.1, -0.05) is 121 Å². The van der Waals surface area contributed by atoms with Gasteiger partial charge in [-0.05, 0) is 73.3 Å². The highest BCUT2D eigenvalue weighted by atomic mass is 15.0. The van der Waals surface area contributed by atoms with Crippen LogP contribution in [-0.4, -0.2) is 9.55 Å². The van der Waals surface area contributed by atoms with Crippen molar-refractivity contribution >= 4 is 54.1 Å². The van der Waals surface area contributed by atoms with Crippen molar-refractivity contribution in [3.05, 3.63) is 158 Å². The average molecular weight is 547 g/mol. The Morgan fingerprint density at radius 1 is 0.419 bits per heavy atom. The summed E-state index contributed by atoms with van der Waals surface area (Å²) in [5, 5.41) is 9.89. The van der Waals surface area contributed by atoms with Gasteiger partial charge in [-0.2, -0.15) is 0 Å². The van der Waals surface area contributed by atoms with Gasteiger partial charge in [0.05, 0.1) is 16.7 Å². The van der Waals surface area contributed by atoms with Crippen molar-refractivity contribution in [3.63, 3.8) is 0 Å². The van der Waals surface area contributed by atoms with Crippen LogP contribution < -0.4 is 0 Å². The molecule has 0 aliphatic heterocycles. The predicted molar refractivity (Wildman–Crippen MR) is 182 cm³/mol. The van der Waals surface area contributed by atoms with E-state index in [1.54, 1.807) is 0 Å². The lowest BCUT2D eigenvalue weighted by molar-refractivity contribution is 1.18. The first-order chi connectivity index (χ1) is 21.4. The monoisotopic (exact) mass is 546 g/mol. The standard InChI is InChI=1S/C41H26N2/c1-2-12-28-25-29(22-21-27(28)11-1)40-31-14-3-5-16-33(31)41(34-17-6-4-15-32(34)40)35-18-8-10-20-38(35)43-37-19-9-7-13-30(37)36-26-42-24-23-39(36)43/h1-26H. The quantitative estimate of drug-likeness (QED) is 0.202. The van der Waals surface area contributed by atoms with Crippen LogP contribution in [0.15, 0.2) is 158 Å². The Balaban J connectivity index is 1.41. The molecule has 0 bridgehead atoms. The lowest BCUT2D eigenvalue weighted by Gasteiger charge is -2.20. The van der Waals surface area contributed by atoms with Gasteiger partial charge in [0, 0.05) is 28.7 Å². The number of hydrogen-bond donors (Lipinski definition) is 0. The second kappa shape index (κ2) is 9.40. The maximum atomic E-state index is 4.48. The molecular formula is C41H26N2. The van der Waals surface area contributed by atoms with E-state index in [0.29, 0.717) is 0 Å². The zero-order valence-corrected chi connectivity index (χ0v) is 23.4. The molecule has 2 heteroatoms. The average Bonchev–Trinajstić information content (AvgIpc) is 3.41. The summed E-state index contributed by atoms with van der Waals surface area (Å²) in [6.45, 7) is 0. The molecule has 2 aromatic heterocycles. The normalized spacial score (nSPS) is 11.7. The Morgan fingerprint density at radius 3 is 1.77 bits per heavy atom. The van der Waals surface area contributed by atoms with E-state index in [0.717, 1.165) is 16.6 Å². The van der Waals surface area contributed by atoms with Gasteiger partial charge in [0.2, 0.25) is 0 Å². The van der Waals surface area contributed by atoms with Gasteiger partial charge < -0.3 is 4.57 Å². The molecule has 0 aliphatic rings. The van der Waals surface area contributed by atoms with Crippen LogP contribution in [0.3, 0.4) is 0 Å². The smallest absolute Gasteiger partial charge is 0.0572 e. The van der Waals surface area contributed by atoms with E-state index in [-0.39, 0.29) is 0 Å².